The number of nitrogens with one attached hydrogen (secondary N) is 1. The number of amides is 2. The van der Waals surface area contributed by atoms with E-state index < -0.39 is 36.5 Å². The number of carbonyl (C=O) groups excluding carboxylic acids is 2. The summed E-state index contributed by atoms with van der Waals surface area (Å²) in [7, 11) is 1.13. The molecule has 1 unspecified atom stereocenters. The lowest BCUT2D eigenvalue weighted by Gasteiger charge is -2.23. The molecule has 10 heteroatoms. The van der Waals surface area contributed by atoms with E-state index in [-0.39, 0.29) is 5.75 Å². The number of hydrogen-bond acceptors (Lipinski definition) is 4. The van der Waals surface area contributed by atoms with Crippen LogP contribution in [0.25, 0.3) is 0 Å². The summed E-state index contributed by atoms with van der Waals surface area (Å²) in [6.07, 6.45) is -3.56. The van der Waals surface area contributed by atoms with Crippen molar-refractivity contribution in [2.45, 2.75) is 12.2 Å². The van der Waals surface area contributed by atoms with Crippen LogP contribution < -0.4 is 5.32 Å². The van der Waals surface area contributed by atoms with E-state index in [9.17, 15) is 27.6 Å². The number of carbonyl (C=O) groups is 3. The molecule has 0 bridgehead atoms. The van der Waals surface area contributed by atoms with Crippen molar-refractivity contribution >= 4 is 29.5 Å². The molecule has 0 aliphatic rings. The standard InChI is InChI=1S/C9H13F3N2O4S/c1-14(3-6(15)16)7(17)5(4-19-2)13-8(18)9(10,11)12/h5H,3-4H2,1-2H3,(H,13,18)(H,15,16). The monoisotopic (exact) mass is 302 g/mol. The summed E-state index contributed by atoms with van der Waals surface area (Å²) in [4.78, 5) is 33.6. The second-order valence-electron chi connectivity index (χ2n) is 3.57. The number of rotatable bonds is 6. The third-order valence-electron chi connectivity index (χ3n) is 1.94. The highest BCUT2D eigenvalue weighted by Gasteiger charge is 2.41. The van der Waals surface area contributed by atoms with Gasteiger partial charge in [-0.05, 0) is 6.26 Å². The molecular weight excluding hydrogens is 289 g/mol. The Morgan fingerprint density at radius 2 is 1.89 bits per heavy atom. The summed E-state index contributed by atoms with van der Waals surface area (Å²) in [5.74, 6) is -4.52. The van der Waals surface area contributed by atoms with Gasteiger partial charge in [0.15, 0.2) is 0 Å². The van der Waals surface area contributed by atoms with Crippen LogP contribution in [0.5, 0.6) is 0 Å². The van der Waals surface area contributed by atoms with Crippen LogP contribution >= 0.6 is 11.8 Å². The molecular formula is C9H13F3N2O4S. The third-order valence-corrected chi connectivity index (χ3v) is 2.61. The smallest absolute Gasteiger partial charge is 0.471 e. The van der Waals surface area contributed by atoms with Crippen LogP contribution in [0.4, 0.5) is 13.2 Å². The van der Waals surface area contributed by atoms with Crippen molar-refractivity contribution < 1.29 is 32.7 Å². The molecule has 2 amide bonds. The average Bonchev–Trinajstić information content (AvgIpc) is 2.25. The maximum absolute atomic E-state index is 12.1. The topological polar surface area (TPSA) is 86.7 Å². The molecule has 0 saturated carbocycles. The minimum absolute atomic E-state index is 0.0926. The predicted molar refractivity (Wildman–Crippen MR) is 61.6 cm³/mol. The molecule has 0 saturated heterocycles. The Hall–Kier alpha value is -1.45. The summed E-state index contributed by atoms with van der Waals surface area (Å²) in [6, 6.07) is -1.42. The van der Waals surface area contributed by atoms with E-state index in [0.29, 0.717) is 0 Å². The van der Waals surface area contributed by atoms with Gasteiger partial charge in [-0.15, -0.1) is 0 Å². The quantitative estimate of drug-likeness (QED) is 0.718. The van der Waals surface area contributed by atoms with Crippen LogP contribution in [0.15, 0.2) is 0 Å². The summed E-state index contributed by atoms with van der Waals surface area (Å²) in [6.45, 7) is -0.661. The van der Waals surface area contributed by atoms with Crippen molar-refractivity contribution in [2.24, 2.45) is 0 Å². The summed E-state index contributed by atoms with van der Waals surface area (Å²) < 4.78 is 36.3. The molecule has 0 aromatic heterocycles. The number of hydrogen-bond donors (Lipinski definition) is 2. The van der Waals surface area contributed by atoms with Gasteiger partial charge in [-0.1, -0.05) is 0 Å². The molecule has 19 heavy (non-hydrogen) atoms. The molecule has 1 atom stereocenters. The summed E-state index contributed by atoms with van der Waals surface area (Å²) in [5, 5.41) is 10.0. The summed E-state index contributed by atoms with van der Waals surface area (Å²) >= 11 is 1.05. The van der Waals surface area contributed by atoms with E-state index in [4.69, 9.17) is 5.11 Å². The zero-order valence-corrected chi connectivity index (χ0v) is 11.0. The van der Waals surface area contributed by atoms with E-state index in [1.54, 1.807) is 5.32 Å². The van der Waals surface area contributed by atoms with Crippen LogP contribution in [0.3, 0.4) is 0 Å². The van der Waals surface area contributed by atoms with Crippen molar-refractivity contribution in [3.63, 3.8) is 0 Å². The number of carboxylic acid groups (broad SMARTS) is 1. The van der Waals surface area contributed by atoms with Gasteiger partial charge in [0, 0.05) is 12.8 Å². The van der Waals surface area contributed by atoms with E-state index in [1.165, 1.54) is 6.26 Å². The van der Waals surface area contributed by atoms with Gasteiger partial charge < -0.3 is 15.3 Å². The van der Waals surface area contributed by atoms with E-state index in [2.05, 4.69) is 0 Å². The molecule has 2 N–H and O–H groups in total. The van der Waals surface area contributed by atoms with Gasteiger partial charge in [-0.25, -0.2) is 0 Å². The number of halogens is 3. The second-order valence-corrected chi connectivity index (χ2v) is 4.48. The maximum Gasteiger partial charge on any atom is 0.471 e. The van der Waals surface area contributed by atoms with Gasteiger partial charge in [0.2, 0.25) is 5.91 Å². The first-order chi connectivity index (χ1) is 8.59. The number of aliphatic carboxylic acids is 1. The van der Waals surface area contributed by atoms with Gasteiger partial charge in [0.1, 0.15) is 12.6 Å². The first kappa shape index (κ1) is 17.6. The van der Waals surface area contributed by atoms with Gasteiger partial charge in [-0.3, -0.25) is 14.4 Å². The molecule has 0 aliphatic carbocycles. The van der Waals surface area contributed by atoms with Crippen LogP contribution in [-0.2, 0) is 14.4 Å². The minimum atomic E-state index is -5.09. The van der Waals surface area contributed by atoms with Crippen molar-refractivity contribution in [3.05, 3.63) is 0 Å². The Labute approximate surface area is 111 Å². The zero-order valence-electron chi connectivity index (χ0n) is 10.2. The van der Waals surface area contributed by atoms with Gasteiger partial charge in [0.05, 0.1) is 0 Å². The highest BCUT2D eigenvalue weighted by molar-refractivity contribution is 7.98. The van der Waals surface area contributed by atoms with Crippen LogP contribution in [0.1, 0.15) is 0 Å². The number of likely N-dealkylation sites (N-methyl/N-ethyl adjacent to an activating group) is 1. The Morgan fingerprint density at radius 3 is 2.26 bits per heavy atom. The van der Waals surface area contributed by atoms with E-state index in [0.717, 1.165) is 23.7 Å². The van der Waals surface area contributed by atoms with Crippen molar-refractivity contribution in [1.82, 2.24) is 10.2 Å². The lowest BCUT2D eigenvalue weighted by atomic mass is 10.3. The predicted octanol–water partition coefficient (Wildman–Crippen LogP) is -0.0605. The average molecular weight is 302 g/mol. The van der Waals surface area contributed by atoms with E-state index >= 15 is 0 Å². The first-order valence-electron chi connectivity index (χ1n) is 4.93. The van der Waals surface area contributed by atoms with Crippen molar-refractivity contribution in [1.29, 1.82) is 0 Å². The van der Waals surface area contributed by atoms with E-state index in [1.807, 2.05) is 0 Å². The van der Waals surface area contributed by atoms with Gasteiger partial charge in [0.25, 0.3) is 0 Å². The SMILES string of the molecule is CSCC(NC(=O)C(F)(F)F)C(=O)N(C)CC(=O)O. The molecule has 6 nitrogen and oxygen atoms in total. The second kappa shape index (κ2) is 7.22. The lowest BCUT2D eigenvalue weighted by molar-refractivity contribution is -0.174. The van der Waals surface area contributed by atoms with Crippen molar-refractivity contribution in [3.8, 4) is 0 Å². The van der Waals surface area contributed by atoms with Gasteiger partial charge >= 0.3 is 18.1 Å². The van der Waals surface area contributed by atoms with Crippen LogP contribution in [0, 0.1) is 0 Å². The number of thioether (sulfide) groups is 1. The molecule has 0 radical (unpaired) electrons. The first-order valence-corrected chi connectivity index (χ1v) is 6.32. The molecule has 0 spiro atoms. The van der Waals surface area contributed by atoms with Crippen molar-refractivity contribution in [2.75, 3.05) is 25.6 Å². The Balaban J connectivity index is 4.76. The molecule has 0 aromatic rings. The third kappa shape index (κ3) is 6.32. The fraction of sp³-hybridized carbons (Fsp3) is 0.667. The summed E-state index contributed by atoms with van der Waals surface area (Å²) in [5.41, 5.74) is 0. The highest BCUT2D eigenvalue weighted by Crippen LogP contribution is 2.15. The number of carboxylic acids is 1. The molecule has 0 fully saturated rings. The normalized spacial score (nSPS) is 12.7. The maximum atomic E-state index is 12.1. The Kier molecular flexibility index (Phi) is 6.67. The largest absolute Gasteiger partial charge is 0.480 e. The molecule has 0 aliphatic heterocycles. The molecule has 110 valence electrons. The van der Waals surface area contributed by atoms with Crippen LogP contribution in [0.2, 0.25) is 0 Å². The lowest BCUT2D eigenvalue weighted by Crippen LogP contribution is -2.52. The Morgan fingerprint density at radius 1 is 1.37 bits per heavy atom. The molecule has 0 rings (SSSR count). The van der Waals surface area contributed by atoms with Crippen LogP contribution in [-0.4, -0.2) is 65.6 Å². The molecule has 0 heterocycles. The number of alkyl halides is 3. The van der Waals surface area contributed by atoms with Gasteiger partial charge in [-0.2, -0.15) is 24.9 Å². The fourth-order valence-corrected chi connectivity index (χ4v) is 1.69. The highest BCUT2D eigenvalue weighted by atomic mass is 32.2. The Bertz CT molecular complexity index is 362. The zero-order chi connectivity index (χ0) is 15.2. The fourth-order valence-electron chi connectivity index (χ4n) is 1.13. The molecule has 0 aromatic carbocycles. The number of nitrogens with zero attached hydrogens (tertiary/aromatic N) is 1. The minimum Gasteiger partial charge on any atom is -0.480 e.